The zero-order valence-corrected chi connectivity index (χ0v) is 10.5. The predicted octanol–water partition coefficient (Wildman–Crippen LogP) is 2.13. The quantitative estimate of drug-likeness (QED) is 0.372. The maximum Gasteiger partial charge on any atom is 0.173 e. The maximum atomic E-state index is 8.74. The lowest BCUT2D eigenvalue weighted by Gasteiger charge is -2.27. The van der Waals surface area contributed by atoms with Gasteiger partial charge >= 0.3 is 0 Å². The normalized spacial score (nSPS) is 24.8. The molecular weight excluding hydrogens is 230 g/mol. The number of amidine groups is 1. The van der Waals surface area contributed by atoms with Gasteiger partial charge in [0.05, 0.1) is 17.9 Å². The molecule has 0 radical (unpaired) electrons. The highest BCUT2D eigenvalue weighted by Crippen LogP contribution is 2.28. The molecule has 0 atom stereocenters. The third kappa shape index (κ3) is 2.91. The maximum absolute atomic E-state index is 8.74. The molecule has 1 aliphatic carbocycles. The van der Waals surface area contributed by atoms with Crippen LogP contribution in [0.25, 0.3) is 0 Å². The van der Waals surface area contributed by atoms with E-state index in [1.165, 1.54) is 12.8 Å². The average molecular weight is 249 g/mol. The van der Waals surface area contributed by atoms with E-state index in [1.54, 1.807) is 18.5 Å². The van der Waals surface area contributed by atoms with Crippen molar-refractivity contribution >= 4 is 5.84 Å². The van der Waals surface area contributed by atoms with E-state index >= 15 is 0 Å². The first kappa shape index (κ1) is 12.7. The number of pyridine rings is 1. The molecule has 18 heavy (non-hydrogen) atoms. The van der Waals surface area contributed by atoms with Gasteiger partial charge in [-0.1, -0.05) is 12.1 Å². The van der Waals surface area contributed by atoms with Crippen LogP contribution in [0.15, 0.2) is 23.6 Å². The van der Waals surface area contributed by atoms with Crippen LogP contribution in [-0.2, 0) is 0 Å². The van der Waals surface area contributed by atoms with E-state index in [0.29, 0.717) is 11.3 Å². The molecule has 3 N–H and O–H groups in total. The van der Waals surface area contributed by atoms with Crippen LogP contribution in [0, 0.1) is 5.92 Å². The van der Waals surface area contributed by atoms with Crippen molar-refractivity contribution in [2.75, 3.05) is 0 Å². The van der Waals surface area contributed by atoms with E-state index in [-0.39, 0.29) is 11.9 Å². The van der Waals surface area contributed by atoms with Crippen molar-refractivity contribution in [1.29, 1.82) is 0 Å². The Morgan fingerprint density at radius 2 is 2.17 bits per heavy atom. The Labute approximate surface area is 107 Å². The van der Waals surface area contributed by atoms with E-state index in [1.807, 2.05) is 0 Å². The fourth-order valence-corrected chi connectivity index (χ4v) is 2.27. The second-order valence-corrected chi connectivity index (χ2v) is 4.86. The van der Waals surface area contributed by atoms with Crippen LogP contribution in [0.3, 0.4) is 0 Å². The molecule has 1 aromatic heterocycles. The highest BCUT2D eigenvalue weighted by Gasteiger charge is 2.21. The first-order valence-electron chi connectivity index (χ1n) is 6.29. The van der Waals surface area contributed by atoms with Crippen molar-refractivity contribution in [3.8, 4) is 5.75 Å². The number of nitrogens with zero attached hydrogens (tertiary/aromatic N) is 2. The lowest BCUT2D eigenvalue weighted by Crippen LogP contribution is -2.25. The molecule has 0 saturated heterocycles. The smallest absolute Gasteiger partial charge is 0.173 e. The van der Waals surface area contributed by atoms with Crippen molar-refractivity contribution < 1.29 is 9.94 Å². The third-order valence-electron chi connectivity index (χ3n) is 3.42. The molecule has 1 heterocycles. The minimum Gasteiger partial charge on any atom is -0.488 e. The third-order valence-corrected chi connectivity index (χ3v) is 3.42. The molecule has 1 saturated carbocycles. The van der Waals surface area contributed by atoms with Gasteiger partial charge in [-0.05, 0) is 37.7 Å². The minimum absolute atomic E-state index is 0.0524. The monoisotopic (exact) mass is 249 g/mol. The fraction of sp³-hybridized carbons (Fsp3) is 0.538. The summed E-state index contributed by atoms with van der Waals surface area (Å²) in [4.78, 5) is 4.03. The Kier molecular flexibility index (Phi) is 4.02. The lowest BCUT2D eigenvalue weighted by molar-refractivity contribution is 0.135. The van der Waals surface area contributed by atoms with Crippen molar-refractivity contribution in [2.45, 2.75) is 38.7 Å². The molecule has 0 amide bonds. The number of rotatable bonds is 3. The predicted molar refractivity (Wildman–Crippen MR) is 68.8 cm³/mol. The molecule has 0 aliphatic heterocycles. The summed E-state index contributed by atoms with van der Waals surface area (Å²) in [6, 6.07) is 1.69. The molecular formula is C13H19N3O2. The molecule has 0 bridgehead atoms. The van der Waals surface area contributed by atoms with Crippen molar-refractivity contribution in [3.05, 3.63) is 24.0 Å². The Bertz CT molecular complexity index is 426. The summed E-state index contributed by atoms with van der Waals surface area (Å²) in [5, 5.41) is 11.8. The van der Waals surface area contributed by atoms with Crippen molar-refractivity contribution in [3.63, 3.8) is 0 Å². The average Bonchev–Trinajstić information content (AvgIpc) is 2.41. The Morgan fingerprint density at radius 1 is 1.44 bits per heavy atom. The fourth-order valence-electron chi connectivity index (χ4n) is 2.27. The number of oxime groups is 1. The first-order chi connectivity index (χ1) is 8.70. The lowest BCUT2D eigenvalue weighted by atomic mass is 9.89. The van der Waals surface area contributed by atoms with Gasteiger partial charge in [0.2, 0.25) is 0 Å². The standard InChI is InChI=1S/C13H19N3O2/c1-9-2-4-10(5-3-9)18-12-8-15-7-6-11(12)13(14)16-17/h6-10,17H,2-5H2,1H3,(H2,14,16). The molecule has 0 aromatic carbocycles. The van der Waals surface area contributed by atoms with Gasteiger partial charge in [0.1, 0.15) is 5.75 Å². The molecule has 1 aliphatic rings. The van der Waals surface area contributed by atoms with Gasteiger partial charge in [0, 0.05) is 6.20 Å². The van der Waals surface area contributed by atoms with E-state index in [9.17, 15) is 0 Å². The zero-order valence-electron chi connectivity index (χ0n) is 10.5. The van der Waals surface area contributed by atoms with E-state index in [2.05, 4.69) is 17.1 Å². The van der Waals surface area contributed by atoms with Gasteiger partial charge in [-0.3, -0.25) is 4.98 Å². The van der Waals surface area contributed by atoms with Crippen LogP contribution in [0.2, 0.25) is 0 Å². The second-order valence-electron chi connectivity index (χ2n) is 4.86. The molecule has 5 nitrogen and oxygen atoms in total. The summed E-state index contributed by atoms with van der Waals surface area (Å²) in [5.41, 5.74) is 6.20. The highest BCUT2D eigenvalue weighted by molar-refractivity contribution is 5.99. The van der Waals surface area contributed by atoms with E-state index < -0.39 is 0 Å². The zero-order chi connectivity index (χ0) is 13.0. The minimum atomic E-state index is 0.0524. The van der Waals surface area contributed by atoms with Gasteiger partial charge in [0.15, 0.2) is 5.84 Å². The van der Waals surface area contributed by atoms with Crippen LogP contribution < -0.4 is 10.5 Å². The summed E-state index contributed by atoms with van der Waals surface area (Å²) >= 11 is 0. The number of nitrogens with two attached hydrogens (primary N) is 1. The molecule has 98 valence electrons. The summed E-state index contributed by atoms with van der Waals surface area (Å²) in [6.07, 6.45) is 7.88. The molecule has 1 aromatic rings. The topological polar surface area (TPSA) is 80.7 Å². The Balaban J connectivity index is 2.09. The van der Waals surface area contributed by atoms with Gasteiger partial charge in [-0.25, -0.2) is 0 Å². The first-order valence-corrected chi connectivity index (χ1v) is 6.29. The van der Waals surface area contributed by atoms with Crippen LogP contribution >= 0.6 is 0 Å². The summed E-state index contributed by atoms with van der Waals surface area (Å²) < 4.78 is 5.92. The van der Waals surface area contributed by atoms with Crippen molar-refractivity contribution in [2.24, 2.45) is 16.8 Å². The number of aromatic nitrogens is 1. The van der Waals surface area contributed by atoms with E-state index in [4.69, 9.17) is 15.7 Å². The number of hydrogen-bond acceptors (Lipinski definition) is 4. The van der Waals surface area contributed by atoms with Gasteiger partial charge in [-0.2, -0.15) is 0 Å². The molecule has 0 spiro atoms. The van der Waals surface area contributed by atoms with Crippen molar-refractivity contribution in [1.82, 2.24) is 4.98 Å². The van der Waals surface area contributed by atoms with Crippen LogP contribution in [0.4, 0.5) is 0 Å². The van der Waals surface area contributed by atoms with Gasteiger partial charge < -0.3 is 15.7 Å². The number of hydrogen-bond donors (Lipinski definition) is 2. The molecule has 1 fully saturated rings. The Hall–Kier alpha value is -1.78. The highest BCUT2D eigenvalue weighted by atomic mass is 16.5. The van der Waals surface area contributed by atoms with Crippen LogP contribution in [0.5, 0.6) is 5.75 Å². The molecule has 0 unspecified atom stereocenters. The largest absolute Gasteiger partial charge is 0.488 e. The summed E-state index contributed by atoms with van der Waals surface area (Å²) in [7, 11) is 0. The molecule has 2 rings (SSSR count). The number of ether oxygens (including phenoxy) is 1. The van der Waals surface area contributed by atoms with Crippen LogP contribution in [-0.4, -0.2) is 22.1 Å². The Morgan fingerprint density at radius 3 is 2.83 bits per heavy atom. The second kappa shape index (κ2) is 5.71. The van der Waals surface area contributed by atoms with Gasteiger partial charge in [0.25, 0.3) is 0 Å². The summed E-state index contributed by atoms with van der Waals surface area (Å²) in [5.74, 6) is 1.42. The summed E-state index contributed by atoms with van der Waals surface area (Å²) in [6.45, 7) is 2.27. The molecule has 5 heteroatoms. The van der Waals surface area contributed by atoms with E-state index in [0.717, 1.165) is 18.8 Å². The van der Waals surface area contributed by atoms with Crippen LogP contribution in [0.1, 0.15) is 38.2 Å². The van der Waals surface area contributed by atoms with Gasteiger partial charge in [-0.15, -0.1) is 0 Å². The SMILES string of the molecule is CC1CCC(Oc2cnccc2/C(N)=N/O)CC1.